The Bertz CT molecular complexity index is 484. The van der Waals surface area contributed by atoms with Crippen LogP contribution in [0.1, 0.15) is 10.4 Å². The number of nitrogens with one attached hydrogen (secondary N) is 1. The van der Waals surface area contributed by atoms with Crippen LogP contribution in [0.25, 0.3) is 0 Å². The van der Waals surface area contributed by atoms with Crippen LogP contribution in [0.15, 0.2) is 24.3 Å². The molecule has 0 atom stereocenters. The lowest BCUT2D eigenvalue weighted by Crippen LogP contribution is -2.45. The Hall–Kier alpha value is -2.08. The quantitative estimate of drug-likeness (QED) is 0.859. The summed E-state index contributed by atoms with van der Waals surface area (Å²) in [5.74, 6) is 0.0735. The molecule has 1 heterocycles. The predicted molar refractivity (Wildman–Crippen MR) is 72.7 cm³/mol. The monoisotopic (exact) mass is 278 g/mol. The third kappa shape index (κ3) is 3.48. The number of methoxy groups -OCH3 is 1. The van der Waals surface area contributed by atoms with Gasteiger partial charge in [-0.1, -0.05) is 12.1 Å². The molecule has 108 valence electrons. The van der Waals surface area contributed by atoms with Crippen LogP contribution < -0.4 is 10.1 Å². The molecule has 1 fully saturated rings. The van der Waals surface area contributed by atoms with Crippen molar-refractivity contribution in [3.05, 3.63) is 29.8 Å². The highest BCUT2D eigenvalue weighted by atomic mass is 16.5. The molecule has 0 radical (unpaired) electrons. The first-order valence-electron chi connectivity index (χ1n) is 6.49. The summed E-state index contributed by atoms with van der Waals surface area (Å²) in [4.78, 5) is 25.6. The SMILES string of the molecule is COc1ccccc1C(=O)NCC(=O)N1CCOCC1. The van der Waals surface area contributed by atoms with Crippen LogP contribution in [0, 0.1) is 0 Å². The Labute approximate surface area is 117 Å². The summed E-state index contributed by atoms with van der Waals surface area (Å²) in [6.45, 7) is 2.22. The summed E-state index contributed by atoms with van der Waals surface area (Å²) in [5.41, 5.74) is 0.421. The van der Waals surface area contributed by atoms with E-state index in [4.69, 9.17) is 9.47 Å². The number of morpholine rings is 1. The molecule has 2 amide bonds. The van der Waals surface area contributed by atoms with Crippen molar-refractivity contribution in [1.29, 1.82) is 0 Å². The van der Waals surface area contributed by atoms with Gasteiger partial charge >= 0.3 is 0 Å². The third-order valence-electron chi connectivity index (χ3n) is 3.12. The second kappa shape index (κ2) is 6.91. The van der Waals surface area contributed by atoms with Crippen molar-refractivity contribution in [3.63, 3.8) is 0 Å². The first-order chi connectivity index (χ1) is 9.72. The number of nitrogens with zero attached hydrogens (tertiary/aromatic N) is 1. The molecular formula is C14H18N2O4. The van der Waals surface area contributed by atoms with Crippen molar-refractivity contribution in [2.45, 2.75) is 0 Å². The molecule has 0 unspecified atom stereocenters. The van der Waals surface area contributed by atoms with Crippen molar-refractivity contribution < 1.29 is 19.1 Å². The number of carbonyl (C=O) groups excluding carboxylic acids is 2. The summed E-state index contributed by atoms with van der Waals surface area (Å²) in [6, 6.07) is 6.90. The fraction of sp³-hybridized carbons (Fsp3) is 0.429. The summed E-state index contributed by atoms with van der Waals surface area (Å²) in [5, 5.41) is 2.62. The number of ether oxygens (including phenoxy) is 2. The normalized spacial score (nSPS) is 14.8. The largest absolute Gasteiger partial charge is 0.496 e. The van der Waals surface area contributed by atoms with Crippen LogP contribution in [-0.2, 0) is 9.53 Å². The van der Waals surface area contributed by atoms with E-state index in [0.29, 0.717) is 37.6 Å². The van der Waals surface area contributed by atoms with E-state index >= 15 is 0 Å². The third-order valence-corrected chi connectivity index (χ3v) is 3.12. The van der Waals surface area contributed by atoms with E-state index in [1.807, 2.05) is 0 Å². The Morgan fingerprint density at radius 3 is 2.70 bits per heavy atom. The fourth-order valence-electron chi connectivity index (χ4n) is 2.01. The van der Waals surface area contributed by atoms with Crippen LogP contribution in [0.4, 0.5) is 0 Å². The molecule has 1 aromatic rings. The minimum Gasteiger partial charge on any atom is -0.496 e. The van der Waals surface area contributed by atoms with Gasteiger partial charge in [0.05, 0.1) is 32.4 Å². The van der Waals surface area contributed by atoms with Gasteiger partial charge in [-0.2, -0.15) is 0 Å². The van der Waals surface area contributed by atoms with Crippen molar-refractivity contribution in [2.24, 2.45) is 0 Å². The topological polar surface area (TPSA) is 67.9 Å². The number of rotatable bonds is 4. The molecule has 0 spiro atoms. The Kier molecular flexibility index (Phi) is 4.95. The maximum Gasteiger partial charge on any atom is 0.255 e. The number of para-hydroxylation sites is 1. The van der Waals surface area contributed by atoms with Crippen LogP contribution in [-0.4, -0.2) is 56.7 Å². The molecule has 0 bridgehead atoms. The van der Waals surface area contributed by atoms with E-state index in [9.17, 15) is 9.59 Å². The van der Waals surface area contributed by atoms with Gasteiger partial charge < -0.3 is 19.7 Å². The van der Waals surface area contributed by atoms with Gasteiger partial charge in [0.2, 0.25) is 5.91 Å². The molecular weight excluding hydrogens is 260 g/mol. The van der Waals surface area contributed by atoms with Crippen LogP contribution in [0.5, 0.6) is 5.75 Å². The van der Waals surface area contributed by atoms with E-state index in [1.165, 1.54) is 7.11 Å². The highest BCUT2D eigenvalue weighted by Gasteiger charge is 2.18. The van der Waals surface area contributed by atoms with Crippen molar-refractivity contribution >= 4 is 11.8 Å². The highest BCUT2D eigenvalue weighted by molar-refractivity contribution is 5.98. The molecule has 2 rings (SSSR count). The standard InChI is InChI=1S/C14H18N2O4/c1-19-12-5-3-2-4-11(12)14(18)15-10-13(17)16-6-8-20-9-7-16/h2-5H,6-10H2,1H3,(H,15,18). The Balaban J connectivity index is 1.89. The maximum atomic E-state index is 12.0. The minimum absolute atomic E-state index is 0.0170. The number of amides is 2. The molecule has 6 nitrogen and oxygen atoms in total. The molecule has 1 aliphatic heterocycles. The van der Waals surface area contributed by atoms with Gasteiger partial charge in [-0.05, 0) is 12.1 Å². The Morgan fingerprint density at radius 2 is 2.00 bits per heavy atom. The summed E-state index contributed by atoms with van der Waals surface area (Å²) >= 11 is 0. The average molecular weight is 278 g/mol. The van der Waals surface area contributed by atoms with Gasteiger partial charge in [0, 0.05) is 13.1 Å². The first kappa shape index (κ1) is 14.3. The summed E-state index contributed by atoms with van der Waals surface area (Å²) in [7, 11) is 1.50. The summed E-state index contributed by atoms with van der Waals surface area (Å²) in [6.07, 6.45) is 0. The second-order valence-electron chi connectivity index (χ2n) is 4.38. The lowest BCUT2D eigenvalue weighted by molar-refractivity contribution is -0.134. The number of hydrogen-bond donors (Lipinski definition) is 1. The molecule has 1 aromatic carbocycles. The molecule has 1 aliphatic rings. The molecule has 0 saturated carbocycles. The van der Waals surface area contributed by atoms with E-state index in [0.717, 1.165) is 0 Å². The zero-order valence-electron chi connectivity index (χ0n) is 11.4. The molecule has 0 aliphatic carbocycles. The lowest BCUT2D eigenvalue weighted by Gasteiger charge is -2.26. The highest BCUT2D eigenvalue weighted by Crippen LogP contribution is 2.16. The fourth-order valence-corrected chi connectivity index (χ4v) is 2.01. The smallest absolute Gasteiger partial charge is 0.255 e. The Morgan fingerprint density at radius 1 is 1.30 bits per heavy atom. The molecule has 6 heteroatoms. The average Bonchev–Trinajstić information content (AvgIpc) is 2.53. The summed E-state index contributed by atoms with van der Waals surface area (Å²) < 4.78 is 10.3. The van der Waals surface area contributed by atoms with Gasteiger partial charge in [0.15, 0.2) is 0 Å². The molecule has 1 saturated heterocycles. The number of carbonyl (C=O) groups is 2. The lowest BCUT2D eigenvalue weighted by atomic mass is 10.2. The zero-order valence-corrected chi connectivity index (χ0v) is 11.4. The predicted octanol–water partition coefficient (Wildman–Crippen LogP) is 0.284. The molecule has 20 heavy (non-hydrogen) atoms. The first-order valence-corrected chi connectivity index (χ1v) is 6.49. The van der Waals surface area contributed by atoms with E-state index in [1.54, 1.807) is 29.2 Å². The van der Waals surface area contributed by atoms with Crippen LogP contribution in [0.3, 0.4) is 0 Å². The number of benzene rings is 1. The van der Waals surface area contributed by atoms with E-state index < -0.39 is 0 Å². The van der Waals surface area contributed by atoms with Gasteiger partial charge in [-0.25, -0.2) is 0 Å². The van der Waals surface area contributed by atoms with Gasteiger partial charge in [0.1, 0.15) is 5.75 Å². The minimum atomic E-state index is -0.316. The van der Waals surface area contributed by atoms with Gasteiger partial charge in [-0.3, -0.25) is 9.59 Å². The maximum absolute atomic E-state index is 12.0. The van der Waals surface area contributed by atoms with Crippen molar-refractivity contribution in [3.8, 4) is 5.75 Å². The van der Waals surface area contributed by atoms with Gasteiger partial charge in [0.25, 0.3) is 5.91 Å². The van der Waals surface area contributed by atoms with Crippen LogP contribution in [0.2, 0.25) is 0 Å². The van der Waals surface area contributed by atoms with E-state index in [2.05, 4.69) is 5.32 Å². The van der Waals surface area contributed by atoms with Crippen molar-refractivity contribution in [2.75, 3.05) is 40.0 Å². The van der Waals surface area contributed by atoms with Crippen LogP contribution >= 0.6 is 0 Å². The molecule has 0 aromatic heterocycles. The van der Waals surface area contributed by atoms with Crippen molar-refractivity contribution in [1.82, 2.24) is 10.2 Å². The molecule has 1 N–H and O–H groups in total. The second-order valence-corrected chi connectivity index (χ2v) is 4.38. The zero-order chi connectivity index (χ0) is 14.4. The van der Waals surface area contributed by atoms with Gasteiger partial charge in [-0.15, -0.1) is 0 Å². The van der Waals surface area contributed by atoms with E-state index in [-0.39, 0.29) is 18.4 Å². The number of hydrogen-bond acceptors (Lipinski definition) is 4.